The number of rotatable bonds is 6. The molecule has 2 rings (SSSR count). The summed E-state index contributed by atoms with van der Waals surface area (Å²) in [4.78, 5) is 28.5. The number of hydrogen-bond donors (Lipinski definition) is 0. The maximum atomic E-state index is 12.8. The van der Waals surface area contributed by atoms with E-state index in [1.54, 1.807) is 13.0 Å². The molecular formula is C21H25N3O2. The SMILES string of the molecule is CCCN1C(=O)C(C#N)=C(C)/C(=C\c2ccc(N(CC)CC)cc2)C1=O. The van der Waals surface area contributed by atoms with Crippen LogP contribution in [0.3, 0.4) is 0 Å². The van der Waals surface area contributed by atoms with Crippen LogP contribution in [0, 0.1) is 11.3 Å². The molecule has 0 saturated carbocycles. The summed E-state index contributed by atoms with van der Waals surface area (Å²) in [6.45, 7) is 9.94. The number of hydrogen-bond acceptors (Lipinski definition) is 4. The Bertz CT molecular complexity index is 794. The van der Waals surface area contributed by atoms with Gasteiger partial charge in [0.25, 0.3) is 11.8 Å². The molecule has 0 spiro atoms. The maximum Gasteiger partial charge on any atom is 0.271 e. The molecule has 0 atom stereocenters. The van der Waals surface area contributed by atoms with Gasteiger partial charge in [0.2, 0.25) is 0 Å². The summed E-state index contributed by atoms with van der Waals surface area (Å²) in [5.74, 6) is -0.827. The third kappa shape index (κ3) is 3.70. The van der Waals surface area contributed by atoms with Crippen molar-refractivity contribution in [3.05, 3.63) is 46.5 Å². The minimum Gasteiger partial charge on any atom is -0.372 e. The molecule has 5 heteroatoms. The van der Waals surface area contributed by atoms with Gasteiger partial charge in [-0.15, -0.1) is 0 Å². The normalized spacial score (nSPS) is 16.3. The lowest BCUT2D eigenvalue weighted by Gasteiger charge is -2.27. The van der Waals surface area contributed by atoms with Crippen molar-refractivity contribution in [2.75, 3.05) is 24.5 Å². The second-order valence-corrected chi connectivity index (χ2v) is 6.20. The summed E-state index contributed by atoms with van der Waals surface area (Å²) in [5.41, 5.74) is 2.89. The molecule has 1 aromatic carbocycles. The van der Waals surface area contributed by atoms with Crippen LogP contribution in [0.25, 0.3) is 6.08 Å². The zero-order valence-corrected chi connectivity index (χ0v) is 15.9. The van der Waals surface area contributed by atoms with Crippen LogP contribution in [0.1, 0.15) is 39.7 Å². The van der Waals surface area contributed by atoms with Gasteiger partial charge in [0.1, 0.15) is 11.6 Å². The van der Waals surface area contributed by atoms with Gasteiger partial charge in [-0.3, -0.25) is 14.5 Å². The van der Waals surface area contributed by atoms with E-state index in [0.29, 0.717) is 24.1 Å². The summed E-state index contributed by atoms with van der Waals surface area (Å²) in [6, 6.07) is 9.90. The molecule has 0 N–H and O–H groups in total. The predicted molar refractivity (Wildman–Crippen MR) is 103 cm³/mol. The van der Waals surface area contributed by atoms with Gasteiger partial charge in [0, 0.05) is 30.9 Å². The van der Waals surface area contributed by atoms with E-state index in [2.05, 4.69) is 18.7 Å². The van der Waals surface area contributed by atoms with Crippen LogP contribution in [0.4, 0.5) is 5.69 Å². The van der Waals surface area contributed by atoms with Gasteiger partial charge < -0.3 is 4.90 Å². The Hall–Kier alpha value is -2.87. The first-order chi connectivity index (χ1) is 12.5. The van der Waals surface area contributed by atoms with E-state index in [9.17, 15) is 14.9 Å². The number of nitrogens with zero attached hydrogens (tertiary/aromatic N) is 3. The molecule has 2 amide bonds. The van der Waals surface area contributed by atoms with E-state index in [-0.39, 0.29) is 11.5 Å². The van der Waals surface area contributed by atoms with E-state index in [4.69, 9.17) is 0 Å². The molecule has 26 heavy (non-hydrogen) atoms. The number of carbonyl (C=O) groups excluding carboxylic acids is 2. The lowest BCUT2D eigenvalue weighted by molar-refractivity contribution is -0.140. The zero-order valence-electron chi connectivity index (χ0n) is 15.9. The van der Waals surface area contributed by atoms with Crippen molar-refractivity contribution >= 4 is 23.6 Å². The van der Waals surface area contributed by atoms with E-state index in [1.807, 2.05) is 37.3 Å². The van der Waals surface area contributed by atoms with Gasteiger partial charge in [-0.05, 0) is 56.5 Å². The van der Waals surface area contributed by atoms with Gasteiger partial charge in [-0.1, -0.05) is 19.1 Å². The Morgan fingerprint density at radius 3 is 2.19 bits per heavy atom. The van der Waals surface area contributed by atoms with Crippen molar-refractivity contribution in [2.24, 2.45) is 0 Å². The zero-order chi connectivity index (χ0) is 19.3. The van der Waals surface area contributed by atoms with Crippen LogP contribution in [-0.2, 0) is 9.59 Å². The highest BCUT2D eigenvalue weighted by atomic mass is 16.2. The van der Waals surface area contributed by atoms with Gasteiger partial charge >= 0.3 is 0 Å². The molecule has 1 heterocycles. The molecule has 136 valence electrons. The van der Waals surface area contributed by atoms with Crippen molar-refractivity contribution in [1.29, 1.82) is 5.26 Å². The predicted octanol–water partition coefficient (Wildman–Crippen LogP) is 3.54. The Kier molecular flexibility index (Phi) is 6.35. The second-order valence-electron chi connectivity index (χ2n) is 6.20. The smallest absolute Gasteiger partial charge is 0.271 e. The molecule has 1 aliphatic heterocycles. The van der Waals surface area contributed by atoms with Crippen molar-refractivity contribution < 1.29 is 9.59 Å². The number of carbonyl (C=O) groups is 2. The van der Waals surface area contributed by atoms with Crippen LogP contribution >= 0.6 is 0 Å². The van der Waals surface area contributed by atoms with E-state index in [1.165, 1.54) is 4.90 Å². The highest BCUT2D eigenvalue weighted by molar-refractivity contribution is 6.19. The van der Waals surface area contributed by atoms with Crippen LogP contribution in [-0.4, -0.2) is 36.3 Å². The third-order valence-corrected chi connectivity index (χ3v) is 4.61. The lowest BCUT2D eigenvalue weighted by Crippen LogP contribution is -2.43. The molecule has 0 aromatic heterocycles. The van der Waals surface area contributed by atoms with Crippen LogP contribution in [0.5, 0.6) is 0 Å². The quantitative estimate of drug-likeness (QED) is 0.581. The first-order valence-electron chi connectivity index (χ1n) is 9.02. The largest absolute Gasteiger partial charge is 0.372 e. The Labute approximate surface area is 155 Å². The summed E-state index contributed by atoms with van der Waals surface area (Å²) in [5, 5.41) is 9.34. The Morgan fingerprint density at radius 2 is 1.69 bits per heavy atom. The topological polar surface area (TPSA) is 64.4 Å². The number of benzene rings is 1. The van der Waals surface area contributed by atoms with Crippen molar-refractivity contribution in [1.82, 2.24) is 4.90 Å². The number of anilines is 1. The van der Waals surface area contributed by atoms with Crippen LogP contribution in [0.2, 0.25) is 0 Å². The van der Waals surface area contributed by atoms with Gasteiger partial charge in [0.15, 0.2) is 0 Å². The molecular weight excluding hydrogens is 326 g/mol. The molecule has 0 fully saturated rings. The highest BCUT2D eigenvalue weighted by Crippen LogP contribution is 2.27. The standard InChI is InChI=1S/C21H25N3O2/c1-5-12-24-20(25)18(15(4)19(14-22)21(24)26)13-16-8-10-17(11-9-16)23(6-2)7-3/h8-11,13H,5-7,12H2,1-4H3/b18-13+. The van der Waals surface area contributed by atoms with Gasteiger partial charge in [-0.25, -0.2) is 0 Å². The van der Waals surface area contributed by atoms with Gasteiger partial charge in [0.05, 0.1) is 0 Å². The van der Waals surface area contributed by atoms with Crippen molar-refractivity contribution in [3.63, 3.8) is 0 Å². The highest BCUT2D eigenvalue weighted by Gasteiger charge is 2.34. The Morgan fingerprint density at radius 1 is 1.08 bits per heavy atom. The van der Waals surface area contributed by atoms with E-state index >= 15 is 0 Å². The average molecular weight is 351 g/mol. The van der Waals surface area contributed by atoms with E-state index in [0.717, 1.165) is 24.3 Å². The van der Waals surface area contributed by atoms with Gasteiger partial charge in [-0.2, -0.15) is 5.26 Å². The summed E-state index contributed by atoms with van der Waals surface area (Å²) >= 11 is 0. The maximum absolute atomic E-state index is 12.8. The average Bonchev–Trinajstić information content (AvgIpc) is 2.65. The lowest BCUT2D eigenvalue weighted by atomic mass is 9.93. The molecule has 5 nitrogen and oxygen atoms in total. The number of amides is 2. The molecule has 0 bridgehead atoms. The minimum atomic E-state index is -0.495. The molecule has 1 aromatic rings. The Balaban J connectivity index is 2.44. The number of nitriles is 1. The summed E-state index contributed by atoms with van der Waals surface area (Å²) in [6.07, 6.45) is 2.41. The molecule has 0 aliphatic carbocycles. The molecule has 0 unspecified atom stereocenters. The van der Waals surface area contributed by atoms with Crippen LogP contribution in [0.15, 0.2) is 41.0 Å². The monoisotopic (exact) mass is 351 g/mol. The summed E-state index contributed by atoms with van der Waals surface area (Å²) < 4.78 is 0. The van der Waals surface area contributed by atoms with Crippen molar-refractivity contribution in [2.45, 2.75) is 34.1 Å². The summed E-state index contributed by atoms with van der Waals surface area (Å²) in [7, 11) is 0. The minimum absolute atomic E-state index is 0.0454. The first kappa shape index (κ1) is 19.5. The van der Waals surface area contributed by atoms with Crippen LogP contribution < -0.4 is 4.90 Å². The van der Waals surface area contributed by atoms with E-state index < -0.39 is 5.91 Å². The fourth-order valence-corrected chi connectivity index (χ4v) is 3.09. The molecule has 1 aliphatic rings. The molecule has 0 radical (unpaired) electrons. The molecule has 0 saturated heterocycles. The fraction of sp³-hybridized carbons (Fsp3) is 0.381. The third-order valence-electron chi connectivity index (χ3n) is 4.61. The van der Waals surface area contributed by atoms with Crippen molar-refractivity contribution in [3.8, 4) is 6.07 Å². The second kappa shape index (κ2) is 8.48. The number of imide groups is 1. The fourth-order valence-electron chi connectivity index (χ4n) is 3.09. The first-order valence-corrected chi connectivity index (χ1v) is 9.02.